The van der Waals surface area contributed by atoms with Gasteiger partial charge in [-0.1, -0.05) is 78.4 Å². The highest BCUT2D eigenvalue weighted by molar-refractivity contribution is 7.85. The molecule has 2 fully saturated rings. The van der Waals surface area contributed by atoms with Crippen molar-refractivity contribution in [1.82, 2.24) is 5.32 Å². The molecule has 0 atom stereocenters. The lowest BCUT2D eigenvalue weighted by molar-refractivity contribution is -0.664. The van der Waals surface area contributed by atoms with Crippen LogP contribution in [0.1, 0.15) is 42.4 Å². The van der Waals surface area contributed by atoms with E-state index in [0.717, 1.165) is 63.0 Å². The first kappa shape index (κ1) is 31.4. The average Bonchev–Trinajstić information content (AvgIpc) is 2.99. The van der Waals surface area contributed by atoms with Gasteiger partial charge in [0.25, 0.3) is 0 Å². The number of aliphatic hydroxyl groups is 1. The fourth-order valence-electron chi connectivity index (χ4n) is 5.29. The fourth-order valence-corrected chi connectivity index (χ4v) is 5.76. The summed E-state index contributed by atoms with van der Waals surface area (Å²) in [4.78, 5) is 11.3. The molecule has 2 aliphatic rings. The molecule has 3 aromatic carbocycles. The number of rotatable bonds is 5. The van der Waals surface area contributed by atoms with Crippen LogP contribution in [-0.4, -0.2) is 61.9 Å². The lowest BCUT2D eigenvalue weighted by atomic mass is 9.73. The Morgan fingerprint density at radius 1 is 0.850 bits per heavy atom. The zero-order chi connectivity index (χ0) is 29.1. The second-order valence-electron chi connectivity index (χ2n) is 10.4. The van der Waals surface area contributed by atoms with E-state index in [1.54, 1.807) is 12.1 Å². The number of piperidine rings is 2. The number of nitrogens with one attached hydrogen (secondary N) is 1. The smallest absolute Gasteiger partial charge is 0.314 e. The highest BCUT2D eigenvalue weighted by Gasteiger charge is 2.42. The van der Waals surface area contributed by atoms with E-state index >= 15 is 0 Å². The SMILES string of the molecule is Cc1ccc(S(=O)(=O)[O-])cc1.O=C(O)C1(c2ccccc2)CC[NH2+]CC1.OCC1(c2ccccc2)CCNCC1. The van der Waals surface area contributed by atoms with Gasteiger partial charge < -0.3 is 25.4 Å². The van der Waals surface area contributed by atoms with Gasteiger partial charge in [0.2, 0.25) is 0 Å². The summed E-state index contributed by atoms with van der Waals surface area (Å²) < 4.78 is 31.2. The van der Waals surface area contributed by atoms with Crippen LogP contribution in [0.2, 0.25) is 0 Å². The molecule has 9 heteroatoms. The van der Waals surface area contributed by atoms with E-state index < -0.39 is 21.5 Å². The van der Waals surface area contributed by atoms with E-state index in [2.05, 4.69) is 34.9 Å². The fraction of sp³-hybridized carbons (Fsp3) is 0.387. The molecule has 0 spiro atoms. The number of hydrogen-bond donors (Lipinski definition) is 4. The van der Waals surface area contributed by atoms with Crippen LogP contribution in [0, 0.1) is 6.92 Å². The Kier molecular flexibility index (Phi) is 11.4. The zero-order valence-corrected chi connectivity index (χ0v) is 23.8. The molecule has 2 aliphatic heterocycles. The summed E-state index contributed by atoms with van der Waals surface area (Å²) in [5.74, 6) is -0.679. The van der Waals surface area contributed by atoms with Gasteiger partial charge in [0, 0.05) is 18.3 Å². The Bertz CT molecular complexity index is 1290. The maximum absolute atomic E-state index is 11.5. The van der Waals surface area contributed by atoms with Crippen LogP contribution in [-0.2, 0) is 25.7 Å². The van der Waals surface area contributed by atoms with E-state index in [-0.39, 0.29) is 16.9 Å². The highest BCUT2D eigenvalue weighted by atomic mass is 32.2. The van der Waals surface area contributed by atoms with E-state index in [1.807, 2.05) is 43.3 Å². The Morgan fingerprint density at radius 2 is 1.35 bits per heavy atom. The molecule has 3 aromatic rings. The Hall–Kier alpha value is -3.08. The quantitative estimate of drug-likeness (QED) is 0.347. The van der Waals surface area contributed by atoms with Crippen molar-refractivity contribution in [3.05, 3.63) is 102 Å². The molecule has 5 N–H and O–H groups in total. The van der Waals surface area contributed by atoms with Gasteiger partial charge in [-0.15, -0.1) is 0 Å². The molecule has 0 radical (unpaired) electrons. The lowest BCUT2D eigenvalue weighted by Crippen LogP contribution is -2.87. The van der Waals surface area contributed by atoms with Crippen LogP contribution in [0.5, 0.6) is 0 Å². The Balaban J connectivity index is 0.000000168. The average molecular weight is 569 g/mol. The van der Waals surface area contributed by atoms with Gasteiger partial charge in [0.15, 0.2) is 0 Å². The number of benzene rings is 3. The van der Waals surface area contributed by atoms with E-state index in [1.165, 1.54) is 17.7 Å². The van der Waals surface area contributed by atoms with Crippen LogP contribution in [0.15, 0.2) is 89.8 Å². The minimum absolute atomic E-state index is 0.00646. The summed E-state index contributed by atoms with van der Waals surface area (Å²) in [7, 11) is -4.27. The monoisotopic (exact) mass is 568 g/mol. The summed E-state index contributed by atoms with van der Waals surface area (Å²) in [5.41, 5.74) is 2.52. The molecule has 0 amide bonds. The number of quaternary nitrogens is 1. The van der Waals surface area contributed by atoms with Crippen molar-refractivity contribution >= 4 is 16.1 Å². The molecule has 216 valence electrons. The molecule has 0 aromatic heterocycles. The number of carboxylic acid groups (broad SMARTS) is 1. The molecule has 2 saturated heterocycles. The normalized spacial score (nSPS) is 17.8. The summed E-state index contributed by atoms with van der Waals surface area (Å²) in [6.45, 7) is 5.91. The molecule has 40 heavy (non-hydrogen) atoms. The van der Waals surface area contributed by atoms with Crippen molar-refractivity contribution in [2.45, 2.75) is 48.3 Å². The second-order valence-corrected chi connectivity index (χ2v) is 11.8. The van der Waals surface area contributed by atoms with E-state index in [9.17, 15) is 28.0 Å². The molecule has 0 bridgehead atoms. The van der Waals surface area contributed by atoms with Gasteiger partial charge in [0.1, 0.15) is 15.5 Å². The third kappa shape index (κ3) is 8.22. The highest BCUT2D eigenvalue weighted by Crippen LogP contribution is 2.33. The van der Waals surface area contributed by atoms with Crippen molar-refractivity contribution in [1.29, 1.82) is 0 Å². The van der Waals surface area contributed by atoms with Crippen molar-refractivity contribution in [3.8, 4) is 0 Å². The topological polar surface area (TPSA) is 143 Å². The number of carbonyl (C=O) groups is 1. The minimum atomic E-state index is -4.27. The standard InChI is InChI=1S/C12H15NO2.C12H17NO.C7H8O3S/c14-11(15)12(6-8-13-9-7-12)10-4-2-1-3-5-10;14-10-12(6-8-13-9-7-12)11-4-2-1-3-5-11;1-6-2-4-7(5-3-6)11(8,9)10/h1-5,13H,6-9H2,(H,14,15);1-5,13-14H,6-10H2;2-5H,1H3,(H,8,9,10). The maximum Gasteiger partial charge on any atom is 0.314 e. The van der Waals surface area contributed by atoms with Crippen molar-refractivity contribution < 1.29 is 33.3 Å². The van der Waals surface area contributed by atoms with Gasteiger partial charge in [-0.2, -0.15) is 0 Å². The summed E-state index contributed by atoms with van der Waals surface area (Å²) >= 11 is 0. The molecule has 5 rings (SSSR count). The summed E-state index contributed by atoms with van der Waals surface area (Å²) in [5, 5.41) is 24.5. The van der Waals surface area contributed by atoms with Crippen molar-refractivity contribution in [2.24, 2.45) is 0 Å². The van der Waals surface area contributed by atoms with Crippen LogP contribution in [0.4, 0.5) is 0 Å². The van der Waals surface area contributed by atoms with Crippen molar-refractivity contribution in [3.63, 3.8) is 0 Å². The number of aryl methyl sites for hydroxylation is 1. The predicted molar refractivity (Wildman–Crippen MR) is 153 cm³/mol. The number of hydrogen-bond acceptors (Lipinski definition) is 6. The maximum atomic E-state index is 11.5. The summed E-state index contributed by atoms with van der Waals surface area (Å²) in [6, 6.07) is 25.8. The zero-order valence-electron chi connectivity index (χ0n) is 23.0. The van der Waals surface area contributed by atoms with Crippen molar-refractivity contribution in [2.75, 3.05) is 32.8 Å². The lowest BCUT2D eigenvalue weighted by Gasteiger charge is -2.36. The first-order valence-electron chi connectivity index (χ1n) is 13.6. The van der Waals surface area contributed by atoms with Crippen LogP contribution < -0.4 is 10.6 Å². The molecule has 0 saturated carbocycles. The second kappa shape index (κ2) is 14.5. The molecular formula is C31H40N2O6S. The largest absolute Gasteiger partial charge is 0.744 e. The molecule has 8 nitrogen and oxygen atoms in total. The van der Waals surface area contributed by atoms with Crippen LogP contribution >= 0.6 is 0 Å². The molecular weight excluding hydrogens is 528 g/mol. The Labute approximate surface area is 237 Å². The van der Waals surface area contributed by atoms with Gasteiger partial charge in [-0.25, -0.2) is 8.42 Å². The minimum Gasteiger partial charge on any atom is -0.744 e. The first-order chi connectivity index (χ1) is 19.1. The van der Waals surface area contributed by atoms with Crippen LogP contribution in [0.25, 0.3) is 0 Å². The number of aliphatic hydroxyl groups excluding tert-OH is 1. The number of nitrogens with two attached hydrogens (primary N) is 1. The third-order valence-corrected chi connectivity index (χ3v) is 8.69. The Morgan fingerprint density at radius 3 is 1.80 bits per heavy atom. The van der Waals surface area contributed by atoms with Gasteiger partial charge in [-0.05, 0) is 56.1 Å². The molecule has 2 heterocycles. The van der Waals surface area contributed by atoms with Gasteiger partial charge in [0.05, 0.1) is 24.6 Å². The number of carboxylic acids is 1. The summed E-state index contributed by atoms with van der Waals surface area (Å²) in [6.07, 6.45) is 3.53. The van der Waals surface area contributed by atoms with E-state index in [0.29, 0.717) is 0 Å². The number of aliphatic carboxylic acids is 1. The van der Waals surface area contributed by atoms with Gasteiger partial charge in [-0.3, -0.25) is 4.79 Å². The predicted octanol–water partition coefficient (Wildman–Crippen LogP) is 2.57. The molecule has 0 unspecified atom stereocenters. The van der Waals surface area contributed by atoms with Gasteiger partial charge >= 0.3 is 5.97 Å². The van der Waals surface area contributed by atoms with Crippen LogP contribution in [0.3, 0.4) is 0 Å². The van der Waals surface area contributed by atoms with E-state index in [4.69, 9.17) is 0 Å². The molecule has 0 aliphatic carbocycles. The first-order valence-corrected chi connectivity index (χ1v) is 15.0. The third-order valence-electron chi connectivity index (χ3n) is 7.85.